The lowest BCUT2D eigenvalue weighted by Crippen LogP contribution is -2.30. The van der Waals surface area contributed by atoms with Crippen LogP contribution in [0.2, 0.25) is 0 Å². The zero-order valence-electron chi connectivity index (χ0n) is 9.81. The van der Waals surface area contributed by atoms with Crippen LogP contribution in [0.4, 0.5) is 0 Å². The second kappa shape index (κ2) is 4.99. The van der Waals surface area contributed by atoms with Crippen LogP contribution in [-0.4, -0.2) is 25.4 Å². The molecule has 2 heterocycles. The van der Waals surface area contributed by atoms with Crippen LogP contribution in [0.15, 0.2) is 16.5 Å². The van der Waals surface area contributed by atoms with Crippen LogP contribution in [0.3, 0.4) is 0 Å². The quantitative estimate of drug-likeness (QED) is 0.848. The lowest BCUT2D eigenvalue weighted by molar-refractivity contribution is -0.0371. The van der Waals surface area contributed by atoms with Crippen LogP contribution >= 0.6 is 0 Å². The van der Waals surface area contributed by atoms with Gasteiger partial charge in [-0.15, -0.1) is 0 Å². The molecule has 0 radical (unpaired) electrons. The topological polar surface area (TPSA) is 57.6 Å². The first-order chi connectivity index (χ1) is 7.66. The number of hydrogen-bond acceptors (Lipinski definition) is 4. The Labute approximate surface area is 95.7 Å². The van der Waals surface area contributed by atoms with E-state index in [1.54, 1.807) is 0 Å². The number of nitrogens with two attached hydrogens (primary N) is 1. The Hall–Kier alpha value is -0.840. The standard InChI is InChI=1S/C12H19NO3/c1-8-3-4-11(15-8)12(9(2)13)16-10-5-6-14-7-10/h3-4,9-10,12H,5-7,13H2,1-2H3. The van der Waals surface area contributed by atoms with E-state index in [0.717, 1.165) is 24.5 Å². The molecule has 0 aliphatic carbocycles. The lowest BCUT2D eigenvalue weighted by Gasteiger charge is -2.22. The monoisotopic (exact) mass is 225 g/mol. The lowest BCUT2D eigenvalue weighted by atomic mass is 10.1. The van der Waals surface area contributed by atoms with Crippen LogP contribution < -0.4 is 5.73 Å². The molecule has 0 saturated carbocycles. The molecule has 1 fully saturated rings. The van der Waals surface area contributed by atoms with Crippen molar-refractivity contribution in [3.8, 4) is 0 Å². The largest absolute Gasteiger partial charge is 0.464 e. The predicted octanol–water partition coefficient (Wildman–Crippen LogP) is 1.78. The third-order valence-corrected chi connectivity index (χ3v) is 2.75. The molecule has 0 amide bonds. The van der Waals surface area contributed by atoms with E-state index in [-0.39, 0.29) is 18.2 Å². The fourth-order valence-electron chi connectivity index (χ4n) is 1.88. The van der Waals surface area contributed by atoms with E-state index in [0.29, 0.717) is 6.61 Å². The van der Waals surface area contributed by atoms with Crippen molar-refractivity contribution in [3.05, 3.63) is 23.7 Å². The van der Waals surface area contributed by atoms with Gasteiger partial charge < -0.3 is 19.6 Å². The summed E-state index contributed by atoms with van der Waals surface area (Å²) in [6, 6.07) is 3.77. The second-order valence-electron chi connectivity index (χ2n) is 4.35. The molecule has 16 heavy (non-hydrogen) atoms. The Balaban J connectivity index is 2.04. The Morgan fingerprint density at radius 3 is 2.81 bits per heavy atom. The molecule has 1 aliphatic rings. The zero-order valence-corrected chi connectivity index (χ0v) is 9.81. The highest BCUT2D eigenvalue weighted by molar-refractivity contribution is 5.10. The van der Waals surface area contributed by atoms with E-state index in [2.05, 4.69) is 0 Å². The Kier molecular flexibility index (Phi) is 3.63. The first-order valence-electron chi connectivity index (χ1n) is 5.72. The number of ether oxygens (including phenoxy) is 2. The Bertz CT molecular complexity index is 329. The highest BCUT2D eigenvalue weighted by Crippen LogP contribution is 2.26. The molecule has 4 nitrogen and oxygen atoms in total. The summed E-state index contributed by atoms with van der Waals surface area (Å²) in [5.41, 5.74) is 5.93. The molecule has 1 aromatic heterocycles. The summed E-state index contributed by atoms with van der Waals surface area (Å²) in [5.74, 6) is 1.69. The van der Waals surface area contributed by atoms with Crippen molar-refractivity contribution in [2.45, 2.75) is 38.5 Å². The maximum atomic E-state index is 5.93. The minimum Gasteiger partial charge on any atom is -0.464 e. The van der Waals surface area contributed by atoms with Crippen molar-refractivity contribution in [2.75, 3.05) is 13.2 Å². The van der Waals surface area contributed by atoms with E-state index >= 15 is 0 Å². The van der Waals surface area contributed by atoms with Crippen molar-refractivity contribution in [3.63, 3.8) is 0 Å². The van der Waals surface area contributed by atoms with Crippen LogP contribution in [0.1, 0.15) is 31.0 Å². The predicted molar refractivity (Wildman–Crippen MR) is 60.1 cm³/mol. The van der Waals surface area contributed by atoms with E-state index in [1.807, 2.05) is 26.0 Å². The van der Waals surface area contributed by atoms with Crippen LogP contribution in [-0.2, 0) is 9.47 Å². The molecule has 1 aliphatic heterocycles. The van der Waals surface area contributed by atoms with Gasteiger partial charge in [-0.05, 0) is 32.4 Å². The molecule has 0 spiro atoms. The number of rotatable bonds is 4. The van der Waals surface area contributed by atoms with Gasteiger partial charge in [0.05, 0.1) is 12.7 Å². The van der Waals surface area contributed by atoms with Crippen molar-refractivity contribution in [1.82, 2.24) is 0 Å². The maximum Gasteiger partial charge on any atom is 0.134 e. The molecule has 3 atom stereocenters. The highest BCUT2D eigenvalue weighted by atomic mass is 16.6. The SMILES string of the molecule is Cc1ccc(C(OC2CCOC2)C(C)N)o1. The average Bonchev–Trinajstić information content (AvgIpc) is 2.84. The van der Waals surface area contributed by atoms with Gasteiger partial charge in [0.15, 0.2) is 0 Å². The van der Waals surface area contributed by atoms with Crippen molar-refractivity contribution in [1.29, 1.82) is 0 Å². The van der Waals surface area contributed by atoms with E-state index in [4.69, 9.17) is 19.6 Å². The third-order valence-electron chi connectivity index (χ3n) is 2.75. The molecule has 3 unspecified atom stereocenters. The molecular weight excluding hydrogens is 206 g/mol. The van der Waals surface area contributed by atoms with Gasteiger partial charge in [0.2, 0.25) is 0 Å². The first-order valence-corrected chi connectivity index (χ1v) is 5.72. The summed E-state index contributed by atoms with van der Waals surface area (Å²) in [6.45, 7) is 5.27. The number of hydrogen-bond donors (Lipinski definition) is 1. The molecule has 1 saturated heterocycles. The fourth-order valence-corrected chi connectivity index (χ4v) is 1.88. The Morgan fingerprint density at radius 1 is 1.50 bits per heavy atom. The van der Waals surface area contributed by atoms with Gasteiger partial charge in [-0.1, -0.05) is 0 Å². The summed E-state index contributed by atoms with van der Waals surface area (Å²) in [7, 11) is 0. The highest BCUT2D eigenvalue weighted by Gasteiger charge is 2.26. The van der Waals surface area contributed by atoms with Crippen LogP contribution in [0, 0.1) is 6.92 Å². The second-order valence-corrected chi connectivity index (χ2v) is 4.35. The van der Waals surface area contributed by atoms with E-state index < -0.39 is 0 Å². The van der Waals surface area contributed by atoms with E-state index in [1.165, 1.54) is 0 Å². The van der Waals surface area contributed by atoms with Gasteiger partial charge >= 0.3 is 0 Å². The van der Waals surface area contributed by atoms with Gasteiger partial charge in [0, 0.05) is 12.6 Å². The average molecular weight is 225 g/mol. The minimum atomic E-state index is -0.180. The maximum absolute atomic E-state index is 5.93. The van der Waals surface area contributed by atoms with Gasteiger partial charge in [-0.2, -0.15) is 0 Å². The van der Waals surface area contributed by atoms with Crippen LogP contribution in [0.5, 0.6) is 0 Å². The zero-order chi connectivity index (χ0) is 11.5. The molecular formula is C12H19NO3. The number of aryl methyl sites for hydroxylation is 1. The summed E-state index contributed by atoms with van der Waals surface area (Å²) >= 11 is 0. The molecule has 90 valence electrons. The third kappa shape index (κ3) is 2.64. The summed E-state index contributed by atoms with van der Waals surface area (Å²) in [6.07, 6.45) is 0.893. The minimum absolute atomic E-state index is 0.0915. The normalized spacial score (nSPS) is 24.6. The van der Waals surface area contributed by atoms with Crippen molar-refractivity contribution in [2.24, 2.45) is 5.73 Å². The molecule has 2 rings (SSSR count). The molecule has 4 heteroatoms. The van der Waals surface area contributed by atoms with Crippen molar-refractivity contribution >= 4 is 0 Å². The van der Waals surface area contributed by atoms with Crippen LogP contribution in [0.25, 0.3) is 0 Å². The number of furan rings is 1. The molecule has 0 aromatic carbocycles. The summed E-state index contributed by atoms with van der Waals surface area (Å²) < 4.78 is 16.8. The molecule has 2 N–H and O–H groups in total. The first kappa shape index (κ1) is 11.6. The molecule has 1 aromatic rings. The van der Waals surface area contributed by atoms with Gasteiger partial charge in [0.1, 0.15) is 17.6 Å². The van der Waals surface area contributed by atoms with Gasteiger partial charge in [0.25, 0.3) is 0 Å². The smallest absolute Gasteiger partial charge is 0.134 e. The summed E-state index contributed by atoms with van der Waals surface area (Å²) in [4.78, 5) is 0. The fraction of sp³-hybridized carbons (Fsp3) is 0.667. The van der Waals surface area contributed by atoms with E-state index in [9.17, 15) is 0 Å². The Morgan fingerprint density at radius 2 is 2.31 bits per heavy atom. The van der Waals surface area contributed by atoms with Gasteiger partial charge in [-0.25, -0.2) is 0 Å². The van der Waals surface area contributed by atoms with Gasteiger partial charge in [-0.3, -0.25) is 0 Å². The van der Waals surface area contributed by atoms with Crippen molar-refractivity contribution < 1.29 is 13.9 Å². The summed E-state index contributed by atoms with van der Waals surface area (Å²) in [5, 5.41) is 0. The molecule has 0 bridgehead atoms.